The summed E-state index contributed by atoms with van der Waals surface area (Å²) in [4.78, 5) is 2.48. The number of nitrogens with one attached hydrogen (secondary N) is 1. The molecule has 0 rings (SSSR count). The molecule has 2 N–H and O–H groups in total. The van der Waals surface area contributed by atoms with Crippen LogP contribution in [0.1, 0.15) is 54.4 Å². The van der Waals surface area contributed by atoms with E-state index in [1.54, 1.807) is 0 Å². The lowest BCUT2D eigenvalue weighted by Gasteiger charge is -2.35. The van der Waals surface area contributed by atoms with Gasteiger partial charge in [-0.15, -0.1) is 0 Å². The van der Waals surface area contributed by atoms with Crippen LogP contribution in [0, 0.1) is 0 Å². The molecule has 0 aromatic carbocycles. The van der Waals surface area contributed by atoms with Crippen molar-refractivity contribution in [1.29, 1.82) is 0 Å². The Kier molecular flexibility index (Phi) is 8.01. The van der Waals surface area contributed by atoms with Crippen molar-refractivity contribution in [1.82, 2.24) is 10.2 Å². The van der Waals surface area contributed by atoms with Gasteiger partial charge in [-0.1, -0.05) is 20.8 Å². The van der Waals surface area contributed by atoms with E-state index in [2.05, 4.69) is 51.8 Å². The van der Waals surface area contributed by atoms with Crippen molar-refractivity contribution in [2.75, 3.05) is 19.7 Å². The molecule has 0 bridgehead atoms. The lowest BCUT2D eigenvalue weighted by atomic mass is 9.97. The zero-order valence-corrected chi connectivity index (χ0v) is 12.6. The summed E-state index contributed by atoms with van der Waals surface area (Å²) in [6.07, 6.45) is 2.17. The monoisotopic (exact) mass is 244 g/mol. The van der Waals surface area contributed by atoms with Crippen molar-refractivity contribution >= 4 is 0 Å². The SMILES string of the molecule is CCCN(CCC(C)(CO)NC(C)C)C(C)C. The van der Waals surface area contributed by atoms with Crippen molar-refractivity contribution in [3.05, 3.63) is 0 Å². The van der Waals surface area contributed by atoms with Crippen molar-refractivity contribution in [3.8, 4) is 0 Å². The second-order valence-electron chi connectivity index (χ2n) is 5.90. The third-order valence-corrected chi connectivity index (χ3v) is 3.18. The summed E-state index contributed by atoms with van der Waals surface area (Å²) in [6, 6.07) is 0.989. The van der Waals surface area contributed by atoms with Crippen LogP contribution in [0.15, 0.2) is 0 Å². The van der Waals surface area contributed by atoms with Crippen molar-refractivity contribution in [2.45, 2.75) is 72.0 Å². The van der Waals surface area contributed by atoms with Gasteiger partial charge in [-0.2, -0.15) is 0 Å². The molecule has 0 fully saturated rings. The van der Waals surface area contributed by atoms with Gasteiger partial charge in [-0.25, -0.2) is 0 Å². The summed E-state index contributed by atoms with van der Waals surface area (Å²) < 4.78 is 0. The Morgan fingerprint density at radius 2 is 1.76 bits per heavy atom. The molecule has 104 valence electrons. The van der Waals surface area contributed by atoms with Gasteiger partial charge in [0.1, 0.15) is 0 Å². The maximum absolute atomic E-state index is 9.53. The molecule has 17 heavy (non-hydrogen) atoms. The Morgan fingerprint density at radius 1 is 1.18 bits per heavy atom. The molecule has 0 aliphatic rings. The summed E-state index contributed by atoms with van der Waals surface area (Å²) in [5, 5.41) is 13.0. The van der Waals surface area contributed by atoms with E-state index < -0.39 is 0 Å². The van der Waals surface area contributed by atoms with Crippen LogP contribution in [0.5, 0.6) is 0 Å². The minimum atomic E-state index is -0.158. The fourth-order valence-corrected chi connectivity index (χ4v) is 2.20. The zero-order chi connectivity index (χ0) is 13.5. The van der Waals surface area contributed by atoms with Crippen LogP contribution in [0.4, 0.5) is 0 Å². The standard InChI is InChI=1S/C14H32N2O/c1-7-9-16(13(4)5)10-8-14(6,11-17)15-12(2)3/h12-13,15,17H,7-11H2,1-6H3. The maximum atomic E-state index is 9.53. The smallest absolute Gasteiger partial charge is 0.0611 e. The second-order valence-corrected chi connectivity index (χ2v) is 5.90. The van der Waals surface area contributed by atoms with E-state index in [0.29, 0.717) is 12.1 Å². The van der Waals surface area contributed by atoms with Crippen LogP contribution < -0.4 is 5.32 Å². The minimum Gasteiger partial charge on any atom is -0.394 e. The lowest BCUT2D eigenvalue weighted by molar-refractivity contribution is 0.128. The fraction of sp³-hybridized carbons (Fsp3) is 1.00. The molecule has 0 spiro atoms. The molecule has 1 atom stereocenters. The largest absolute Gasteiger partial charge is 0.394 e. The number of aliphatic hydroxyl groups is 1. The average Bonchev–Trinajstić information content (AvgIpc) is 2.22. The predicted molar refractivity (Wildman–Crippen MR) is 75.4 cm³/mol. The van der Waals surface area contributed by atoms with E-state index in [0.717, 1.165) is 19.5 Å². The molecule has 0 saturated carbocycles. The summed E-state index contributed by atoms with van der Waals surface area (Å²) in [5.74, 6) is 0. The van der Waals surface area contributed by atoms with Crippen LogP contribution in [-0.4, -0.2) is 47.3 Å². The normalized spacial score (nSPS) is 15.9. The Labute approximate surface area is 108 Å². The molecule has 0 saturated heterocycles. The highest BCUT2D eigenvalue weighted by molar-refractivity contribution is 4.85. The van der Waals surface area contributed by atoms with Crippen molar-refractivity contribution in [2.24, 2.45) is 0 Å². The van der Waals surface area contributed by atoms with E-state index >= 15 is 0 Å². The molecular weight excluding hydrogens is 212 g/mol. The molecule has 0 aromatic heterocycles. The first-order valence-corrected chi connectivity index (χ1v) is 6.97. The highest BCUT2D eigenvalue weighted by Crippen LogP contribution is 2.13. The quantitative estimate of drug-likeness (QED) is 0.653. The zero-order valence-electron chi connectivity index (χ0n) is 12.6. The van der Waals surface area contributed by atoms with Crippen molar-refractivity contribution in [3.63, 3.8) is 0 Å². The molecule has 3 heteroatoms. The van der Waals surface area contributed by atoms with Gasteiger partial charge in [-0.05, 0) is 40.2 Å². The van der Waals surface area contributed by atoms with Gasteiger partial charge in [0.15, 0.2) is 0 Å². The number of hydrogen-bond acceptors (Lipinski definition) is 3. The highest BCUT2D eigenvalue weighted by Gasteiger charge is 2.24. The molecule has 0 aliphatic carbocycles. The maximum Gasteiger partial charge on any atom is 0.0611 e. The van der Waals surface area contributed by atoms with Gasteiger partial charge in [0, 0.05) is 24.2 Å². The van der Waals surface area contributed by atoms with Gasteiger partial charge in [-0.3, -0.25) is 0 Å². The van der Waals surface area contributed by atoms with Gasteiger partial charge >= 0.3 is 0 Å². The number of aliphatic hydroxyl groups excluding tert-OH is 1. The van der Waals surface area contributed by atoms with E-state index in [1.807, 2.05) is 0 Å². The first kappa shape index (κ1) is 16.9. The van der Waals surface area contributed by atoms with Crippen LogP contribution >= 0.6 is 0 Å². The molecule has 0 heterocycles. The first-order chi connectivity index (χ1) is 7.84. The summed E-state index contributed by atoms with van der Waals surface area (Å²) in [6.45, 7) is 15.4. The molecule has 0 radical (unpaired) electrons. The first-order valence-electron chi connectivity index (χ1n) is 6.97. The van der Waals surface area contributed by atoms with E-state index in [-0.39, 0.29) is 12.1 Å². The Balaban J connectivity index is 4.27. The third kappa shape index (κ3) is 7.02. The van der Waals surface area contributed by atoms with E-state index in [4.69, 9.17) is 0 Å². The highest BCUT2D eigenvalue weighted by atomic mass is 16.3. The van der Waals surface area contributed by atoms with Crippen LogP contribution in [-0.2, 0) is 0 Å². The molecule has 0 amide bonds. The van der Waals surface area contributed by atoms with E-state index in [9.17, 15) is 5.11 Å². The molecule has 0 aromatic rings. The van der Waals surface area contributed by atoms with E-state index in [1.165, 1.54) is 6.42 Å². The number of nitrogens with zero attached hydrogens (tertiary/aromatic N) is 1. The molecule has 3 nitrogen and oxygen atoms in total. The molecule has 1 unspecified atom stereocenters. The lowest BCUT2D eigenvalue weighted by Crippen LogP contribution is -2.51. The minimum absolute atomic E-state index is 0.158. The number of hydrogen-bond donors (Lipinski definition) is 2. The fourth-order valence-electron chi connectivity index (χ4n) is 2.20. The summed E-state index contributed by atoms with van der Waals surface area (Å²) in [7, 11) is 0. The Hall–Kier alpha value is -0.120. The average molecular weight is 244 g/mol. The van der Waals surface area contributed by atoms with Gasteiger partial charge < -0.3 is 15.3 Å². The topological polar surface area (TPSA) is 35.5 Å². The molecule has 0 aliphatic heterocycles. The molecular formula is C14H32N2O. The van der Waals surface area contributed by atoms with Gasteiger partial charge in [0.05, 0.1) is 6.61 Å². The second kappa shape index (κ2) is 8.06. The summed E-state index contributed by atoms with van der Waals surface area (Å²) in [5.41, 5.74) is -0.158. The predicted octanol–water partition coefficient (Wildman–Crippen LogP) is 2.25. The van der Waals surface area contributed by atoms with Crippen molar-refractivity contribution < 1.29 is 5.11 Å². The number of rotatable bonds is 9. The summed E-state index contributed by atoms with van der Waals surface area (Å²) >= 11 is 0. The van der Waals surface area contributed by atoms with Gasteiger partial charge in [0.2, 0.25) is 0 Å². The third-order valence-electron chi connectivity index (χ3n) is 3.18. The Bertz CT molecular complexity index is 195. The van der Waals surface area contributed by atoms with Gasteiger partial charge in [0.25, 0.3) is 0 Å². The van der Waals surface area contributed by atoms with Crippen LogP contribution in [0.3, 0.4) is 0 Å². The van der Waals surface area contributed by atoms with Crippen LogP contribution in [0.25, 0.3) is 0 Å². The van der Waals surface area contributed by atoms with Crippen LogP contribution in [0.2, 0.25) is 0 Å². The Morgan fingerprint density at radius 3 is 2.12 bits per heavy atom.